The fraction of sp³-hybridized carbons (Fsp3) is 0.250. The van der Waals surface area contributed by atoms with Crippen LogP contribution in [0.2, 0.25) is 0 Å². The molecule has 0 aliphatic heterocycles. The minimum Gasteiger partial charge on any atom is -0.497 e. The summed E-state index contributed by atoms with van der Waals surface area (Å²) >= 11 is 3.47. The second-order valence-corrected chi connectivity index (χ2v) is 5.30. The minimum absolute atomic E-state index is 0.0731. The predicted molar refractivity (Wildman–Crippen MR) is 84.6 cm³/mol. The summed E-state index contributed by atoms with van der Waals surface area (Å²) in [6.45, 7) is 0. The van der Waals surface area contributed by atoms with E-state index in [1.54, 1.807) is 14.2 Å². The standard InChI is InChI=1S/C16H18BrNO2/c1-18-16(11-4-7-13(19-2)8-5-11)14-9-6-12(17)10-15(14)20-3/h4-10,16,18H,1-3H3. The maximum absolute atomic E-state index is 5.48. The van der Waals surface area contributed by atoms with Crippen LogP contribution in [-0.2, 0) is 0 Å². The Hall–Kier alpha value is -1.52. The average Bonchev–Trinajstić information content (AvgIpc) is 2.50. The molecular weight excluding hydrogens is 318 g/mol. The number of nitrogens with one attached hydrogen (secondary N) is 1. The summed E-state index contributed by atoms with van der Waals surface area (Å²) in [7, 11) is 5.30. The van der Waals surface area contributed by atoms with Gasteiger partial charge < -0.3 is 14.8 Å². The number of hydrogen-bond donors (Lipinski definition) is 1. The number of rotatable bonds is 5. The van der Waals surface area contributed by atoms with Crippen LogP contribution in [0.3, 0.4) is 0 Å². The third-order valence-electron chi connectivity index (χ3n) is 3.24. The molecule has 106 valence electrons. The lowest BCUT2D eigenvalue weighted by molar-refractivity contribution is 0.405. The summed E-state index contributed by atoms with van der Waals surface area (Å²) in [6, 6.07) is 14.2. The van der Waals surface area contributed by atoms with Gasteiger partial charge in [0.15, 0.2) is 0 Å². The minimum atomic E-state index is 0.0731. The summed E-state index contributed by atoms with van der Waals surface area (Å²) in [5, 5.41) is 3.33. The quantitative estimate of drug-likeness (QED) is 0.902. The Balaban J connectivity index is 2.40. The number of benzene rings is 2. The van der Waals surface area contributed by atoms with Crippen LogP contribution in [0.5, 0.6) is 11.5 Å². The first-order valence-corrected chi connectivity index (χ1v) is 7.13. The zero-order valence-electron chi connectivity index (χ0n) is 11.8. The van der Waals surface area contributed by atoms with Crippen LogP contribution >= 0.6 is 15.9 Å². The zero-order valence-corrected chi connectivity index (χ0v) is 13.4. The molecule has 0 saturated carbocycles. The number of methoxy groups -OCH3 is 2. The third kappa shape index (κ3) is 3.14. The van der Waals surface area contributed by atoms with Gasteiger partial charge in [0.1, 0.15) is 11.5 Å². The second kappa shape index (κ2) is 6.77. The van der Waals surface area contributed by atoms with Crippen LogP contribution in [0.15, 0.2) is 46.9 Å². The maximum Gasteiger partial charge on any atom is 0.125 e. The number of ether oxygens (including phenoxy) is 2. The Morgan fingerprint density at radius 1 is 1.00 bits per heavy atom. The fourth-order valence-corrected chi connectivity index (χ4v) is 2.56. The molecular formula is C16H18BrNO2. The van der Waals surface area contributed by atoms with Crippen LogP contribution in [0, 0.1) is 0 Å². The van der Waals surface area contributed by atoms with Crippen molar-refractivity contribution in [2.75, 3.05) is 21.3 Å². The van der Waals surface area contributed by atoms with Gasteiger partial charge in [0.05, 0.1) is 20.3 Å². The van der Waals surface area contributed by atoms with E-state index in [9.17, 15) is 0 Å². The van der Waals surface area contributed by atoms with Crippen molar-refractivity contribution < 1.29 is 9.47 Å². The van der Waals surface area contributed by atoms with E-state index >= 15 is 0 Å². The van der Waals surface area contributed by atoms with Crippen molar-refractivity contribution in [2.45, 2.75) is 6.04 Å². The van der Waals surface area contributed by atoms with Crippen molar-refractivity contribution >= 4 is 15.9 Å². The largest absolute Gasteiger partial charge is 0.497 e. The molecule has 2 aromatic rings. The SMILES string of the molecule is CNC(c1ccc(OC)cc1)c1ccc(Br)cc1OC. The molecule has 3 nitrogen and oxygen atoms in total. The van der Waals surface area contributed by atoms with E-state index in [1.807, 2.05) is 31.3 Å². The van der Waals surface area contributed by atoms with Gasteiger partial charge in [-0.25, -0.2) is 0 Å². The fourth-order valence-electron chi connectivity index (χ4n) is 2.22. The Morgan fingerprint density at radius 2 is 1.70 bits per heavy atom. The molecule has 0 bridgehead atoms. The van der Waals surface area contributed by atoms with Gasteiger partial charge >= 0.3 is 0 Å². The number of halogens is 1. The highest BCUT2D eigenvalue weighted by molar-refractivity contribution is 9.10. The van der Waals surface area contributed by atoms with E-state index in [-0.39, 0.29) is 6.04 Å². The zero-order chi connectivity index (χ0) is 14.5. The van der Waals surface area contributed by atoms with Gasteiger partial charge in [-0.15, -0.1) is 0 Å². The van der Waals surface area contributed by atoms with Gasteiger partial charge in [0, 0.05) is 10.0 Å². The molecule has 1 atom stereocenters. The maximum atomic E-state index is 5.48. The van der Waals surface area contributed by atoms with Crippen LogP contribution < -0.4 is 14.8 Å². The van der Waals surface area contributed by atoms with Crippen LogP contribution in [0.1, 0.15) is 17.2 Å². The molecule has 2 aromatic carbocycles. The molecule has 1 N–H and O–H groups in total. The molecule has 20 heavy (non-hydrogen) atoms. The summed E-state index contributed by atoms with van der Waals surface area (Å²) in [4.78, 5) is 0. The molecule has 0 aliphatic carbocycles. The van der Waals surface area contributed by atoms with Gasteiger partial charge in [-0.05, 0) is 36.9 Å². The molecule has 0 radical (unpaired) electrons. The summed E-state index contributed by atoms with van der Waals surface area (Å²) < 4.78 is 11.7. The normalized spacial score (nSPS) is 12.0. The highest BCUT2D eigenvalue weighted by atomic mass is 79.9. The van der Waals surface area contributed by atoms with Gasteiger partial charge in [-0.3, -0.25) is 0 Å². The van der Waals surface area contributed by atoms with E-state index in [0.29, 0.717) is 0 Å². The molecule has 2 rings (SSSR count). The lowest BCUT2D eigenvalue weighted by Crippen LogP contribution is -2.18. The van der Waals surface area contributed by atoms with E-state index in [2.05, 4.69) is 39.4 Å². The molecule has 0 spiro atoms. The first-order valence-electron chi connectivity index (χ1n) is 6.34. The number of hydrogen-bond acceptors (Lipinski definition) is 3. The molecule has 0 aliphatic rings. The first-order chi connectivity index (χ1) is 9.69. The van der Waals surface area contributed by atoms with Crippen LogP contribution in [0.25, 0.3) is 0 Å². The molecule has 0 fully saturated rings. The smallest absolute Gasteiger partial charge is 0.125 e. The predicted octanol–water partition coefficient (Wildman–Crippen LogP) is 3.78. The molecule has 1 unspecified atom stereocenters. The first kappa shape index (κ1) is 14.9. The topological polar surface area (TPSA) is 30.5 Å². The van der Waals surface area contributed by atoms with Crippen LogP contribution in [-0.4, -0.2) is 21.3 Å². The van der Waals surface area contributed by atoms with E-state index in [4.69, 9.17) is 9.47 Å². The van der Waals surface area contributed by atoms with E-state index < -0.39 is 0 Å². The van der Waals surface area contributed by atoms with Crippen molar-refractivity contribution in [3.8, 4) is 11.5 Å². The second-order valence-electron chi connectivity index (χ2n) is 4.38. The lowest BCUT2D eigenvalue weighted by atomic mass is 9.98. The molecule has 0 aromatic heterocycles. The van der Waals surface area contributed by atoms with Crippen molar-refractivity contribution in [3.63, 3.8) is 0 Å². The van der Waals surface area contributed by atoms with Gasteiger partial charge in [0.25, 0.3) is 0 Å². The van der Waals surface area contributed by atoms with E-state index in [1.165, 1.54) is 0 Å². The Bertz CT molecular complexity index is 569. The highest BCUT2D eigenvalue weighted by Crippen LogP contribution is 2.32. The highest BCUT2D eigenvalue weighted by Gasteiger charge is 2.16. The van der Waals surface area contributed by atoms with Crippen molar-refractivity contribution in [1.82, 2.24) is 5.32 Å². The van der Waals surface area contributed by atoms with Gasteiger partial charge in [-0.2, -0.15) is 0 Å². The lowest BCUT2D eigenvalue weighted by Gasteiger charge is -2.20. The summed E-state index contributed by atoms with van der Waals surface area (Å²) in [6.07, 6.45) is 0. The van der Waals surface area contributed by atoms with E-state index in [0.717, 1.165) is 27.1 Å². The van der Waals surface area contributed by atoms with Crippen molar-refractivity contribution in [3.05, 3.63) is 58.1 Å². The monoisotopic (exact) mass is 335 g/mol. The van der Waals surface area contributed by atoms with Crippen molar-refractivity contribution in [2.24, 2.45) is 0 Å². The summed E-state index contributed by atoms with van der Waals surface area (Å²) in [5.74, 6) is 1.71. The molecule has 0 heterocycles. The molecule has 0 saturated heterocycles. The van der Waals surface area contributed by atoms with Gasteiger partial charge in [0.2, 0.25) is 0 Å². The average molecular weight is 336 g/mol. The van der Waals surface area contributed by atoms with Crippen LogP contribution in [0.4, 0.5) is 0 Å². The Labute approximate surface area is 128 Å². The Morgan fingerprint density at radius 3 is 2.25 bits per heavy atom. The summed E-state index contributed by atoms with van der Waals surface area (Å²) in [5.41, 5.74) is 2.26. The third-order valence-corrected chi connectivity index (χ3v) is 3.74. The Kier molecular flexibility index (Phi) is 5.04. The molecule has 0 amide bonds. The van der Waals surface area contributed by atoms with Crippen molar-refractivity contribution in [1.29, 1.82) is 0 Å². The molecule has 4 heteroatoms. The van der Waals surface area contributed by atoms with Gasteiger partial charge in [-0.1, -0.05) is 34.1 Å².